The third-order valence-electron chi connectivity index (χ3n) is 2.68. The van der Waals surface area contributed by atoms with E-state index in [0.717, 1.165) is 0 Å². The first-order valence-corrected chi connectivity index (χ1v) is 6.41. The maximum atomic E-state index is 11.8. The van der Waals surface area contributed by atoms with Gasteiger partial charge in [-0.25, -0.2) is 0 Å². The lowest BCUT2D eigenvalue weighted by molar-refractivity contribution is -0.145. The normalized spacial score (nSPS) is 14.9. The second-order valence-corrected chi connectivity index (χ2v) is 4.71. The van der Waals surface area contributed by atoms with Crippen molar-refractivity contribution in [3.63, 3.8) is 0 Å². The molecule has 0 atom stereocenters. The Morgan fingerprint density at radius 2 is 2.00 bits per heavy atom. The van der Waals surface area contributed by atoms with Gasteiger partial charge in [0.25, 0.3) is 0 Å². The highest BCUT2D eigenvalue weighted by Gasteiger charge is 2.25. The van der Waals surface area contributed by atoms with Crippen molar-refractivity contribution in [1.29, 1.82) is 0 Å². The van der Waals surface area contributed by atoms with E-state index >= 15 is 0 Å². The molecule has 1 saturated heterocycles. The molecule has 20 heavy (non-hydrogen) atoms. The standard InChI is InChI=1S/C13H13ClN2O4/c14-9-2-1-3-10(6-9)20-5-4-13(19)16-7-11(17)15-12(18)8-16/h1-3,6H,4-5,7-8H2,(H,15,17,18). The number of halogens is 1. The minimum Gasteiger partial charge on any atom is -0.493 e. The second kappa shape index (κ2) is 6.38. The molecule has 1 aliphatic rings. The highest BCUT2D eigenvalue weighted by molar-refractivity contribution is 6.30. The predicted molar refractivity (Wildman–Crippen MR) is 71.3 cm³/mol. The molecule has 0 saturated carbocycles. The smallest absolute Gasteiger partial charge is 0.246 e. The van der Waals surface area contributed by atoms with Gasteiger partial charge in [-0.2, -0.15) is 0 Å². The fourth-order valence-electron chi connectivity index (χ4n) is 1.78. The number of benzene rings is 1. The monoisotopic (exact) mass is 296 g/mol. The predicted octanol–water partition coefficient (Wildman–Crippen LogP) is 0.594. The summed E-state index contributed by atoms with van der Waals surface area (Å²) < 4.78 is 5.38. The average molecular weight is 297 g/mol. The van der Waals surface area contributed by atoms with Crippen molar-refractivity contribution in [3.8, 4) is 5.75 Å². The minimum atomic E-state index is -0.467. The lowest BCUT2D eigenvalue weighted by atomic mass is 10.3. The molecule has 0 aromatic heterocycles. The van der Waals surface area contributed by atoms with Crippen LogP contribution in [0.4, 0.5) is 0 Å². The van der Waals surface area contributed by atoms with Gasteiger partial charge in [0, 0.05) is 5.02 Å². The number of rotatable bonds is 4. The summed E-state index contributed by atoms with van der Waals surface area (Å²) in [6, 6.07) is 6.84. The Balaban J connectivity index is 1.80. The van der Waals surface area contributed by atoms with E-state index in [1.807, 2.05) is 0 Å². The third kappa shape index (κ3) is 3.96. The van der Waals surface area contributed by atoms with Crippen LogP contribution in [0.5, 0.6) is 5.75 Å². The molecule has 106 valence electrons. The van der Waals surface area contributed by atoms with E-state index in [1.165, 1.54) is 4.90 Å². The minimum absolute atomic E-state index is 0.0904. The zero-order valence-electron chi connectivity index (χ0n) is 10.6. The highest BCUT2D eigenvalue weighted by Crippen LogP contribution is 2.17. The van der Waals surface area contributed by atoms with Crippen LogP contribution in [0.3, 0.4) is 0 Å². The van der Waals surface area contributed by atoms with Crippen LogP contribution in [0.1, 0.15) is 6.42 Å². The number of imide groups is 1. The second-order valence-electron chi connectivity index (χ2n) is 4.28. The van der Waals surface area contributed by atoms with Crippen molar-refractivity contribution < 1.29 is 19.1 Å². The molecule has 0 bridgehead atoms. The molecule has 0 spiro atoms. The van der Waals surface area contributed by atoms with Gasteiger partial charge in [0.15, 0.2) is 0 Å². The van der Waals surface area contributed by atoms with Gasteiger partial charge in [0.05, 0.1) is 13.0 Å². The van der Waals surface area contributed by atoms with Crippen molar-refractivity contribution in [2.24, 2.45) is 0 Å². The van der Waals surface area contributed by atoms with Gasteiger partial charge in [-0.1, -0.05) is 17.7 Å². The Labute approximate surface area is 120 Å². The van der Waals surface area contributed by atoms with E-state index in [0.29, 0.717) is 10.8 Å². The van der Waals surface area contributed by atoms with Crippen LogP contribution in [-0.2, 0) is 14.4 Å². The van der Waals surface area contributed by atoms with Gasteiger partial charge in [-0.15, -0.1) is 0 Å². The lowest BCUT2D eigenvalue weighted by Gasteiger charge is -2.25. The summed E-state index contributed by atoms with van der Waals surface area (Å²) >= 11 is 5.80. The maximum Gasteiger partial charge on any atom is 0.246 e. The molecular formula is C13H13ClN2O4. The number of hydrogen-bond acceptors (Lipinski definition) is 4. The van der Waals surface area contributed by atoms with Gasteiger partial charge in [0.2, 0.25) is 17.7 Å². The summed E-state index contributed by atoms with van der Waals surface area (Å²) in [4.78, 5) is 35.3. The Morgan fingerprint density at radius 1 is 1.30 bits per heavy atom. The van der Waals surface area contributed by atoms with E-state index in [1.54, 1.807) is 24.3 Å². The zero-order chi connectivity index (χ0) is 14.5. The van der Waals surface area contributed by atoms with Crippen LogP contribution in [0.15, 0.2) is 24.3 Å². The number of hydrogen-bond donors (Lipinski definition) is 1. The molecule has 0 unspecified atom stereocenters. The fraction of sp³-hybridized carbons (Fsp3) is 0.308. The molecule has 0 radical (unpaired) electrons. The Hall–Kier alpha value is -2.08. The van der Waals surface area contributed by atoms with E-state index in [2.05, 4.69) is 5.32 Å². The van der Waals surface area contributed by atoms with Gasteiger partial charge in [0.1, 0.15) is 18.8 Å². The van der Waals surface area contributed by atoms with Crippen LogP contribution < -0.4 is 10.1 Å². The largest absolute Gasteiger partial charge is 0.493 e. The van der Waals surface area contributed by atoms with E-state index in [9.17, 15) is 14.4 Å². The summed E-state index contributed by atoms with van der Waals surface area (Å²) in [5.41, 5.74) is 0. The van der Waals surface area contributed by atoms with Crippen molar-refractivity contribution in [2.45, 2.75) is 6.42 Å². The summed E-state index contributed by atoms with van der Waals surface area (Å²) in [7, 11) is 0. The van der Waals surface area contributed by atoms with Crippen LogP contribution >= 0.6 is 11.6 Å². The topological polar surface area (TPSA) is 75.7 Å². The summed E-state index contributed by atoms with van der Waals surface area (Å²) in [6.07, 6.45) is 0.0904. The molecule has 1 heterocycles. The van der Waals surface area contributed by atoms with Gasteiger partial charge < -0.3 is 9.64 Å². The summed E-state index contributed by atoms with van der Waals surface area (Å²) in [6.45, 7) is -0.0328. The molecule has 1 N–H and O–H groups in total. The first kappa shape index (κ1) is 14.3. The van der Waals surface area contributed by atoms with Crippen LogP contribution in [-0.4, -0.2) is 42.3 Å². The number of ether oxygens (including phenoxy) is 1. The molecule has 7 heteroatoms. The van der Waals surface area contributed by atoms with Crippen LogP contribution in [0, 0.1) is 0 Å². The SMILES string of the molecule is O=C1CN(C(=O)CCOc2cccc(Cl)c2)CC(=O)N1. The zero-order valence-corrected chi connectivity index (χ0v) is 11.4. The fourth-order valence-corrected chi connectivity index (χ4v) is 1.96. The Bertz CT molecular complexity index is 531. The molecule has 2 rings (SSSR count). The average Bonchev–Trinajstić information content (AvgIpc) is 2.37. The molecular weight excluding hydrogens is 284 g/mol. The number of amides is 3. The Morgan fingerprint density at radius 3 is 2.65 bits per heavy atom. The molecule has 6 nitrogen and oxygen atoms in total. The number of carbonyl (C=O) groups is 3. The third-order valence-corrected chi connectivity index (χ3v) is 2.92. The highest BCUT2D eigenvalue weighted by atomic mass is 35.5. The van der Waals surface area contributed by atoms with Gasteiger partial charge in [-0.05, 0) is 18.2 Å². The van der Waals surface area contributed by atoms with Crippen LogP contribution in [0.2, 0.25) is 5.02 Å². The number of carbonyl (C=O) groups excluding carboxylic acids is 3. The number of piperazine rings is 1. The van der Waals surface area contributed by atoms with Crippen LogP contribution in [0.25, 0.3) is 0 Å². The summed E-state index contributed by atoms with van der Waals surface area (Å²) in [5.74, 6) is -0.663. The molecule has 0 aliphatic carbocycles. The van der Waals surface area contributed by atoms with Gasteiger partial charge in [-0.3, -0.25) is 19.7 Å². The molecule has 1 fully saturated rings. The maximum absolute atomic E-state index is 11.8. The van der Waals surface area contributed by atoms with Crippen molar-refractivity contribution in [2.75, 3.05) is 19.7 Å². The van der Waals surface area contributed by atoms with E-state index < -0.39 is 11.8 Å². The number of nitrogens with zero attached hydrogens (tertiary/aromatic N) is 1. The molecule has 1 aromatic rings. The van der Waals surface area contributed by atoms with Crippen molar-refractivity contribution in [1.82, 2.24) is 10.2 Å². The van der Waals surface area contributed by atoms with E-state index in [4.69, 9.17) is 16.3 Å². The Kier molecular flexibility index (Phi) is 4.57. The lowest BCUT2D eigenvalue weighted by Crippen LogP contribution is -2.53. The van der Waals surface area contributed by atoms with Crippen molar-refractivity contribution in [3.05, 3.63) is 29.3 Å². The van der Waals surface area contributed by atoms with E-state index in [-0.39, 0.29) is 32.0 Å². The number of nitrogens with one attached hydrogen (secondary N) is 1. The van der Waals surface area contributed by atoms with Gasteiger partial charge >= 0.3 is 0 Å². The molecule has 1 aromatic carbocycles. The summed E-state index contributed by atoms with van der Waals surface area (Å²) in [5, 5.41) is 2.68. The molecule has 3 amide bonds. The first-order valence-electron chi connectivity index (χ1n) is 6.03. The van der Waals surface area contributed by atoms with Crippen molar-refractivity contribution >= 4 is 29.3 Å². The quantitative estimate of drug-likeness (QED) is 0.825. The molecule has 1 aliphatic heterocycles. The first-order chi connectivity index (χ1) is 9.54.